The molecule has 4 saturated heterocycles. The maximum Gasteiger partial charge on any atom is 0.417 e. The topological polar surface area (TPSA) is 121 Å². The number of halogens is 6. The number of thiophene rings is 1. The Kier molecular flexibility index (Phi) is 7.63. The fourth-order valence-corrected chi connectivity index (χ4v) is 9.28. The number of nitrogens with two attached hydrogens (primary N) is 1. The number of aliphatic hydroxyl groups excluding tert-OH is 1. The minimum absolute atomic E-state index is 0.0134. The van der Waals surface area contributed by atoms with E-state index in [0.717, 1.165) is 24.6 Å². The van der Waals surface area contributed by atoms with Gasteiger partial charge in [-0.1, -0.05) is 6.07 Å². The molecular formula is C33H30F6N6O3S. The number of alkyl halides is 4. The first-order valence-corrected chi connectivity index (χ1v) is 16.8. The Labute approximate surface area is 279 Å². The van der Waals surface area contributed by atoms with Crippen LogP contribution in [0.4, 0.5) is 37.2 Å². The van der Waals surface area contributed by atoms with Gasteiger partial charge in [-0.3, -0.25) is 4.90 Å². The number of benzene rings is 2. The van der Waals surface area contributed by atoms with Crippen LogP contribution in [0.2, 0.25) is 0 Å². The largest absolute Gasteiger partial charge is 0.461 e. The van der Waals surface area contributed by atoms with Crippen molar-refractivity contribution in [1.29, 1.82) is 5.26 Å². The summed E-state index contributed by atoms with van der Waals surface area (Å²) in [6.07, 6.45) is -4.62. The van der Waals surface area contributed by atoms with Crippen molar-refractivity contribution in [1.82, 2.24) is 14.9 Å². The van der Waals surface area contributed by atoms with Gasteiger partial charge in [0.25, 0.3) is 0 Å². The molecule has 2 aromatic carbocycles. The molecule has 8 rings (SSSR count). The van der Waals surface area contributed by atoms with E-state index in [1.807, 2.05) is 11.0 Å². The molecule has 258 valence electrons. The third-order valence-electron chi connectivity index (χ3n) is 10.4. The average molecular weight is 705 g/mol. The zero-order valence-corrected chi connectivity index (χ0v) is 26.7. The van der Waals surface area contributed by atoms with Gasteiger partial charge in [-0.15, -0.1) is 11.3 Å². The lowest BCUT2D eigenvalue weighted by atomic mass is 9.90. The summed E-state index contributed by atoms with van der Waals surface area (Å²) >= 11 is 0.682. The van der Waals surface area contributed by atoms with Crippen molar-refractivity contribution in [2.75, 3.05) is 43.5 Å². The van der Waals surface area contributed by atoms with Gasteiger partial charge in [0.05, 0.1) is 52.8 Å². The summed E-state index contributed by atoms with van der Waals surface area (Å²) < 4.78 is 103. The second-order valence-electron chi connectivity index (χ2n) is 13.3. The highest BCUT2D eigenvalue weighted by Gasteiger charge is 2.50. The molecule has 4 aliphatic heterocycles. The lowest BCUT2D eigenvalue weighted by molar-refractivity contribution is -0.137. The molecule has 4 aliphatic rings. The van der Waals surface area contributed by atoms with E-state index in [0.29, 0.717) is 24.3 Å². The highest BCUT2D eigenvalue weighted by Crippen LogP contribution is 2.49. The van der Waals surface area contributed by atoms with Gasteiger partial charge in [0.2, 0.25) is 0 Å². The predicted molar refractivity (Wildman–Crippen MR) is 169 cm³/mol. The van der Waals surface area contributed by atoms with Crippen LogP contribution in [0, 0.1) is 23.0 Å². The number of morpholine rings is 1. The fourth-order valence-electron chi connectivity index (χ4n) is 8.33. The molecule has 2 aromatic heterocycles. The van der Waals surface area contributed by atoms with Crippen LogP contribution in [-0.4, -0.2) is 82.8 Å². The van der Waals surface area contributed by atoms with Crippen molar-refractivity contribution >= 4 is 43.1 Å². The molecule has 9 nitrogen and oxygen atoms in total. The van der Waals surface area contributed by atoms with Gasteiger partial charge in [-0.2, -0.15) is 28.4 Å². The van der Waals surface area contributed by atoms with Crippen molar-refractivity contribution < 1.29 is 40.9 Å². The minimum atomic E-state index is -5.11. The zero-order chi connectivity index (χ0) is 34.4. The Morgan fingerprint density at radius 2 is 1.94 bits per heavy atom. The predicted octanol–water partition coefficient (Wildman–Crippen LogP) is 5.95. The number of rotatable bonds is 5. The minimum Gasteiger partial charge on any atom is -0.461 e. The molecule has 4 atom stereocenters. The summed E-state index contributed by atoms with van der Waals surface area (Å²) in [7, 11) is 0. The number of hydrogen-bond donors (Lipinski definition) is 2. The number of ether oxygens (including phenoxy) is 2. The smallest absolute Gasteiger partial charge is 0.417 e. The van der Waals surface area contributed by atoms with Crippen molar-refractivity contribution in [3.05, 3.63) is 41.0 Å². The molecule has 0 saturated carbocycles. The number of nitrogen functional groups attached to an aromatic ring is 1. The van der Waals surface area contributed by atoms with Gasteiger partial charge in [-0.05, 0) is 49.9 Å². The van der Waals surface area contributed by atoms with Crippen LogP contribution < -0.4 is 15.4 Å². The highest BCUT2D eigenvalue weighted by atomic mass is 32.1. The molecule has 16 heteroatoms. The lowest BCUT2D eigenvalue weighted by Gasteiger charge is -2.48. The van der Waals surface area contributed by atoms with E-state index >= 15 is 4.39 Å². The van der Waals surface area contributed by atoms with Crippen LogP contribution in [0.1, 0.15) is 43.2 Å². The monoisotopic (exact) mass is 704 g/mol. The number of aliphatic hydroxyl groups is 1. The van der Waals surface area contributed by atoms with Crippen LogP contribution in [-0.2, 0) is 10.9 Å². The van der Waals surface area contributed by atoms with E-state index in [4.69, 9.17) is 15.2 Å². The molecular weight excluding hydrogens is 674 g/mol. The number of anilines is 2. The van der Waals surface area contributed by atoms with Gasteiger partial charge in [-0.25, -0.2) is 13.2 Å². The molecule has 6 heterocycles. The molecule has 4 aromatic rings. The Balaban J connectivity index is 1.37. The van der Waals surface area contributed by atoms with Crippen molar-refractivity contribution in [2.24, 2.45) is 0 Å². The van der Waals surface area contributed by atoms with Gasteiger partial charge in [0, 0.05) is 29.3 Å². The normalized spacial score (nSPS) is 27.2. The Morgan fingerprint density at radius 1 is 1.18 bits per heavy atom. The SMILES string of the molecule is N#Cc1c(N)sc2c(F)ccc(-c3c(C(F)(F)F)cc4c(N5C6COCC5CC(O)C6)nc(OCC56CCCN5CC(F)C6)nc4c3F)c12. The first kappa shape index (κ1) is 32.3. The first-order chi connectivity index (χ1) is 23.4. The second-order valence-corrected chi connectivity index (χ2v) is 14.4. The second kappa shape index (κ2) is 11.6. The summed E-state index contributed by atoms with van der Waals surface area (Å²) in [6.45, 7) is 1.24. The number of nitriles is 1. The zero-order valence-electron chi connectivity index (χ0n) is 25.9. The van der Waals surface area contributed by atoms with Gasteiger partial charge >= 0.3 is 12.2 Å². The van der Waals surface area contributed by atoms with E-state index in [2.05, 4.69) is 9.97 Å². The first-order valence-electron chi connectivity index (χ1n) is 16.0. The summed E-state index contributed by atoms with van der Waals surface area (Å²) in [5, 5.41) is 19.7. The molecule has 0 aliphatic carbocycles. The molecule has 2 bridgehead atoms. The molecule has 4 fully saturated rings. The third-order valence-corrected chi connectivity index (χ3v) is 11.4. The lowest BCUT2D eigenvalue weighted by Crippen LogP contribution is -2.58. The van der Waals surface area contributed by atoms with Gasteiger partial charge in [0.1, 0.15) is 41.0 Å². The number of fused-ring (bicyclic) bond motifs is 5. The summed E-state index contributed by atoms with van der Waals surface area (Å²) in [6, 6.07) is 3.22. The number of hydrogen-bond acceptors (Lipinski definition) is 10. The quantitative estimate of drug-likeness (QED) is 0.243. The van der Waals surface area contributed by atoms with Crippen LogP contribution >= 0.6 is 11.3 Å². The van der Waals surface area contributed by atoms with E-state index in [1.165, 1.54) is 0 Å². The van der Waals surface area contributed by atoms with Crippen molar-refractivity contribution in [2.45, 2.75) is 68.2 Å². The van der Waals surface area contributed by atoms with E-state index in [1.54, 1.807) is 4.90 Å². The number of nitrogens with zero attached hydrogens (tertiary/aromatic N) is 5. The van der Waals surface area contributed by atoms with Crippen LogP contribution in [0.25, 0.3) is 32.1 Å². The molecule has 3 N–H and O–H groups in total. The fraction of sp³-hybridized carbons (Fsp3) is 0.485. The average Bonchev–Trinajstić information content (AvgIpc) is 3.69. The number of aromatic nitrogens is 2. The van der Waals surface area contributed by atoms with Crippen LogP contribution in [0.15, 0.2) is 18.2 Å². The summed E-state index contributed by atoms with van der Waals surface area (Å²) in [4.78, 5) is 12.7. The number of piperidine rings is 1. The summed E-state index contributed by atoms with van der Waals surface area (Å²) in [5.74, 6) is -2.21. The molecule has 49 heavy (non-hydrogen) atoms. The Hall–Kier alpha value is -3.91. The Morgan fingerprint density at radius 3 is 2.65 bits per heavy atom. The van der Waals surface area contributed by atoms with Gasteiger partial charge < -0.3 is 25.2 Å². The third kappa shape index (κ3) is 5.16. The molecule has 0 amide bonds. The van der Waals surface area contributed by atoms with E-state index in [9.17, 15) is 32.3 Å². The van der Waals surface area contributed by atoms with Gasteiger partial charge in [0.15, 0.2) is 5.82 Å². The summed E-state index contributed by atoms with van der Waals surface area (Å²) in [5.41, 5.74) is 1.91. The molecule has 0 radical (unpaired) electrons. The molecule has 4 unspecified atom stereocenters. The standard InChI is InChI=1S/C33H30F6N6O3S/c34-15-9-32(4-1-5-44(32)11-15)14-48-31-42-27-20(30(43-31)45-16-6-18(46)7-17(45)13-47-12-16)8-22(33(37,38)39)25(26(27)36)19-2-3-23(35)28-24(19)21(10-40)29(41)49-28/h2-3,8,15-18,46H,1,4-7,9,11-14,41H2. The van der Waals surface area contributed by atoms with Crippen LogP contribution in [0.5, 0.6) is 6.01 Å². The van der Waals surface area contributed by atoms with E-state index in [-0.39, 0.29) is 89.1 Å². The van der Waals surface area contributed by atoms with E-state index < -0.39 is 64.4 Å². The molecule has 0 spiro atoms. The van der Waals surface area contributed by atoms with Crippen LogP contribution in [0.3, 0.4) is 0 Å². The highest BCUT2D eigenvalue weighted by molar-refractivity contribution is 7.23. The van der Waals surface area contributed by atoms with Crippen molar-refractivity contribution in [3.63, 3.8) is 0 Å². The maximum absolute atomic E-state index is 17.1. The maximum atomic E-state index is 17.1. The Bertz CT molecular complexity index is 2020. The van der Waals surface area contributed by atoms with Crippen molar-refractivity contribution in [3.8, 4) is 23.2 Å².